The van der Waals surface area contributed by atoms with E-state index in [1.165, 1.54) is 0 Å². The fraction of sp³-hybridized carbons (Fsp3) is 0.500. The number of ether oxygens (including phenoxy) is 2. The molecule has 2 amide bonds. The first-order valence-electron chi connectivity index (χ1n) is 9.52. The van der Waals surface area contributed by atoms with Crippen LogP contribution >= 0.6 is 11.3 Å². The monoisotopic (exact) mass is 387 g/mol. The first-order chi connectivity index (χ1) is 13.2. The zero-order valence-electron chi connectivity index (χ0n) is 15.6. The molecular weight excluding hydrogens is 362 g/mol. The second-order valence-electron chi connectivity index (χ2n) is 7.10. The normalized spacial score (nSPS) is 19.4. The lowest BCUT2D eigenvalue weighted by Gasteiger charge is -2.31. The van der Waals surface area contributed by atoms with Crippen LogP contribution in [0.1, 0.15) is 41.4 Å². The van der Waals surface area contributed by atoms with E-state index in [9.17, 15) is 4.79 Å². The van der Waals surface area contributed by atoms with E-state index < -0.39 is 0 Å². The molecule has 0 aliphatic carbocycles. The highest BCUT2D eigenvalue weighted by Crippen LogP contribution is 2.31. The van der Waals surface area contributed by atoms with Crippen LogP contribution in [0.4, 0.5) is 4.79 Å². The van der Waals surface area contributed by atoms with Crippen LogP contribution in [-0.2, 0) is 6.54 Å². The zero-order valence-corrected chi connectivity index (χ0v) is 16.4. The van der Waals surface area contributed by atoms with E-state index in [1.807, 2.05) is 30.0 Å². The van der Waals surface area contributed by atoms with Crippen molar-refractivity contribution >= 4 is 17.4 Å². The number of rotatable bonds is 3. The molecule has 2 aliphatic heterocycles. The number of fused-ring (bicyclic) bond motifs is 1. The molecule has 1 atom stereocenters. The largest absolute Gasteiger partial charge is 0.490 e. The molecule has 0 unspecified atom stereocenters. The number of aromatic nitrogens is 1. The molecule has 3 heterocycles. The van der Waals surface area contributed by atoms with Crippen LogP contribution in [0.25, 0.3) is 0 Å². The van der Waals surface area contributed by atoms with Crippen LogP contribution in [0.3, 0.4) is 0 Å². The minimum Gasteiger partial charge on any atom is -0.490 e. The lowest BCUT2D eigenvalue weighted by atomic mass is 9.99. The number of aryl methyl sites for hydroxylation is 1. The number of urea groups is 1. The van der Waals surface area contributed by atoms with Crippen molar-refractivity contribution in [1.29, 1.82) is 0 Å². The average Bonchev–Trinajstić information content (AvgIpc) is 2.99. The maximum absolute atomic E-state index is 12.6. The summed E-state index contributed by atoms with van der Waals surface area (Å²) in [4.78, 5) is 19.2. The van der Waals surface area contributed by atoms with Crippen LogP contribution in [0.15, 0.2) is 23.6 Å². The highest BCUT2D eigenvalue weighted by molar-refractivity contribution is 7.09. The van der Waals surface area contributed by atoms with Crippen molar-refractivity contribution in [2.75, 3.05) is 26.3 Å². The predicted molar refractivity (Wildman–Crippen MR) is 105 cm³/mol. The van der Waals surface area contributed by atoms with Crippen molar-refractivity contribution in [3.05, 3.63) is 39.8 Å². The number of thiazole rings is 1. The van der Waals surface area contributed by atoms with Gasteiger partial charge in [-0.25, -0.2) is 9.78 Å². The first-order valence-corrected chi connectivity index (χ1v) is 10.4. The number of nitrogens with zero attached hydrogens (tertiary/aromatic N) is 2. The molecule has 144 valence electrons. The van der Waals surface area contributed by atoms with Gasteiger partial charge in [0.1, 0.15) is 0 Å². The van der Waals surface area contributed by atoms with Gasteiger partial charge in [-0.15, -0.1) is 11.3 Å². The van der Waals surface area contributed by atoms with Gasteiger partial charge >= 0.3 is 6.03 Å². The quantitative estimate of drug-likeness (QED) is 0.872. The molecule has 1 fully saturated rings. The summed E-state index contributed by atoms with van der Waals surface area (Å²) in [5, 5.41) is 6.27. The third-order valence-electron chi connectivity index (χ3n) is 4.95. The van der Waals surface area contributed by atoms with E-state index >= 15 is 0 Å². The second kappa shape index (κ2) is 8.17. The first kappa shape index (κ1) is 18.1. The maximum Gasteiger partial charge on any atom is 0.317 e. The van der Waals surface area contributed by atoms with Gasteiger partial charge in [-0.1, -0.05) is 6.07 Å². The van der Waals surface area contributed by atoms with Gasteiger partial charge in [-0.3, -0.25) is 0 Å². The van der Waals surface area contributed by atoms with Crippen LogP contribution in [0.2, 0.25) is 0 Å². The molecule has 1 saturated heterocycles. The summed E-state index contributed by atoms with van der Waals surface area (Å²) < 4.78 is 11.4. The number of carbonyl (C=O) groups is 1. The molecule has 0 radical (unpaired) electrons. The molecule has 7 heteroatoms. The van der Waals surface area contributed by atoms with E-state index in [4.69, 9.17) is 9.47 Å². The van der Waals surface area contributed by atoms with Crippen LogP contribution in [-0.4, -0.2) is 42.2 Å². The highest BCUT2D eigenvalue weighted by Gasteiger charge is 2.26. The molecule has 4 rings (SSSR count). The Morgan fingerprint density at radius 3 is 2.96 bits per heavy atom. The number of likely N-dealkylation sites (tertiary alicyclic amines) is 1. The number of amides is 2. The summed E-state index contributed by atoms with van der Waals surface area (Å²) in [5.41, 5.74) is 2.07. The second-order valence-corrected chi connectivity index (χ2v) is 7.99. The fourth-order valence-corrected chi connectivity index (χ4v) is 4.46. The molecule has 2 aliphatic rings. The minimum absolute atomic E-state index is 0.0138. The molecule has 0 saturated carbocycles. The third-order valence-corrected chi connectivity index (χ3v) is 6.08. The minimum atomic E-state index is -0.0138. The molecule has 1 N–H and O–H groups in total. The molecular formula is C20H25N3O3S. The van der Waals surface area contributed by atoms with Gasteiger partial charge in [0.15, 0.2) is 11.5 Å². The van der Waals surface area contributed by atoms with Crippen molar-refractivity contribution in [2.45, 2.75) is 38.6 Å². The molecule has 2 aromatic rings. The van der Waals surface area contributed by atoms with E-state index in [1.54, 1.807) is 11.3 Å². The topological polar surface area (TPSA) is 63.7 Å². The zero-order chi connectivity index (χ0) is 18.6. The predicted octanol–water partition coefficient (Wildman–Crippen LogP) is 3.70. The summed E-state index contributed by atoms with van der Waals surface area (Å²) in [6.45, 7) is 5.37. The summed E-state index contributed by atoms with van der Waals surface area (Å²) in [6.07, 6.45) is 3.00. The average molecular weight is 388 g/mol. The standard InChI is InChI=1S/C20H25N3O3S/c1-14-13-27-19(22-14)16-4-2-7-23(12-16)20(24)21-11-15-5-6-17-18(10-15)26-9-3-8-25-17/h5-6,10,13,16H,2-4,7-9,11-12H2,1H3,(H,21,24)/t16-/m1/s1. The van der Waals surface area contributed by atoms with Gasteiger partial charge in [0.05, 0.1) is 18.2 Å². The van der Waals surface area contributed by atoms with Gasteiger partial charge in [-0.2, -0.15) is 0 Å². The van der Waals surface area contributed by atoms with Crippen molar-refractivity contribution in [2.24, 2.45) is 0 Å². The van der Waals surface area contributed by atoms with E-state index in [0.29, 0.717) is 25.7 Å². The molecule has 6 nitrogen and oxygen atoms in total. The molecule has 0 spiro atoms. The van der Waals surface area contributed by atoms with Crippen molar-refractivity contribution in [3.8, 4) is 11.5 Å². The number of hydrogen-bond acceptors (Lipinski definition) is 5. The van der Waals surface area contributed by atoms with Gasteiger partial charge in [0, 0.05) is 43.0 Å². The Labute approximate surface area is 163 Å². The van der Waals surface area contributed by atoms with Crippen molar-refractivity contribution < 1.29 is 14.3 Å². The molecule has 27 heavy (non-hydrogen) atoms. The Balaban J connectivity index is 1.34. The lowest BCUT2D eigenvalue weighted by molar-refractivity contribution is 0.179. The maximum atomic E-state index is 12.6. The van der Waals surface area contributed by atoms with Crippen LogP contribution < -0.4 is 14.8 Å². The number of carbonyl (C=O) groups excluding carboxylic acids is 1. The van der Waals surface area contributed by atoms with Crippen molar-refractivity contribution in [3.63, 3.8) is 0 Å². The Morgan fingerprint density at radius 1 is 1.30 bits per heavy atom. The summed E-state index contributed by atoms with van der Waals surface area (Å²) in [7, 11) is 0. The van der Waals surface area contributed by atoms with Gasteiger partial charge < -0.3 is 19.7 Å². The van der Waals surface area contributed by atoms with Gasteiger partial charge in [0.2, 0.25) is 0 Å². The summed E-state index contributed by atoms with van der Waals surface area (Å²) in [5.74, 6) is 1.89. The fourth-order valence-electron chi connectivity index (χ4n) is 3.53. The Hall–Kier alpha value is -2.28. The number of nitrogens with one attached hydrogen (secondary N) is 1. The van der Waals surface area contributed by atoms with Gasteiger partial charge in [0.25, 0.3) is 0 Å². The van der Waals surface area contributed by atoms with E-state index in [0.717, 1.165) is 60.1 Å². The summed E-state index contributed by atoms with van der Waals surface area (Å²) in [6, 6.07) is 5.84. The van der Waals surface area contributed by atoms with E-state index in [-0.39, 0.29) is 6.03 Å². The molecule has 1 aromatic heterocycles. The molecule has 0 bridgehead atoms. The Kier molecular flexibility index (Phi) is 5.48. The van der Waals surface area contributed by atoms with Crippen LogP contribution in [0, 0.1) is 6.92 Å². The van der Waals surface area contributed by atoms with E-state index in [2.05, 4.69) is 15.7 Å². The summed E-state index contributed by atoms with van der Waals surface area (Å²) >= 11 is 1.70. The lowest BCUT2D eigenvalue weighted by Crippen LogP contribution is -2.44. The smallest absolute Gasteiger partial charge is 0.317 e. The Bertz CT molecular complexity index is 808. The SMILES string of the molecule is Cc1csc([C@@H]2CCCN(C(=O)NCc3ccc4c(c3)OCCCO4)C2)n1. The third kappa shape index (κ3) is 4.35. The molecule has 1 aromatic carbocycles. The highest BCUT2D eigenvalue weighted by atomic mass is 32.1. The van der Waals surface area contributed by atoms with Crippen molar-refractivity contribution in [1.82, 2.24) is 15.2 Å². The number of benzene rings is 1. The number of piperidine rings is 1. The van der Waals surface area contributed by atoms with Crippen LogP contribution in [0.5, 0.6) is 11.5 Å². The van der Waals surface area contributed by atoms with Gasteiger partial charge in [-0.05, 0) is 37.5 Å². The Morgan fingerprint density at radius 2 is 2.15 bits per heavy atom. The number of hydrogen-bond donors (Lipinski definition) is 1.